The number of para-hydroxylation sites is 3. The highest BCUT2D eigenvalue weighted by molar-refractivity contribution is 5.94. The SMILES string of the molecule is Cc1ccccc1OCCn1c(CCCCCNC(=O)c2ccc(F)cc2)nc2ccccc21. The van der Waals surface area contributed by atoms with E-state index in [1.54, 1.807) is 0 Å². The summed E-state index contributed by atoms with van der Waals surface area (Å²) in [5.41, 5.74) is 3.73. The van der Waals surface area contributed by atoms with Gasteiger partial charge in [-0.1, -0.05) is 36.8 Å². The van der Waals surface area contributed by atoms with Crippen LogP contribution in [0.5, 0.6) is 5.75 Å². The quantitative estimate of drug-likeness (QED) is 0.293. The Morgan fingerprint density at radius 3 is 2.56 bits per heavy atom. The molecule has 4 rings (SSSR count). The summed E-state index contributed by atoms with van der Waals surface area (Å²) in [4.78, 5) is 17.0. The van der Waals surface area contributed by atoms with Crippen LogP contribution in [-0.2, 0) is 13.0 Å². The summed E-state index contributed by atoms with van der Waals surface area (Å²) >= 11 is 0. The first-order valence-corrected chi connectivity index (χ1v) is 11.8. The van der Waals surface area contributed by atoms with Gasteiger partial charge < -0.3 is 14.6 Å². The molecule has 0 unspecified atom stereocenters. The van der Waals surface area contributed by atoms with E-state index in [9.17, 15) is 9.18 Å². The number of carbonyl (C=O) groups is 1. The van der Waals surface area contributed by atoms with Crippen molar-refractivity contribution in [3.05, 3.63) is 95.6 Å². The number of hydrogen-bond acceptors (Lipinski definition) is 3. The number of benzene rings is 3. The van der Waals surface area contributed by atoms with Crippen molar-refractivity contribution in [2.24, 2.45) is 0 Å². The van der Waals surface area contributed by atoms with E-state index in [-0.39, 0.29) is 11.7 Å². The normalized spacial score (nSPS) is 11.0. The minimum absolute atomic E-state index is 0.171. The molecule has 1 aromatic heterocycles. The first kappa shape index (κ1) is 23.5. The lowest BCUT2D eigenvalue weighted by molar-refractivity contribution is 0.0953. The number of aryl methyl sites for hydroxylation is 2. The van der Waals surface area contributed by atoms with Crippen molar-refractivity contribution in [2.45, 2.75) is 39.2 Å². The molecule has 5 nitrogen and oxygen atoms in total. The second kappa shape index (κ2) is 11.5. The fourth-order valence-electron chi connectivity index (χ4n) is 4.02. The number of carbonyl (C=O) groups excluding carboxylic acids is 1. The molecule has 34 heavy (non-hydrogen) atoms. The Bertz CT molecular complexity index is 1230. The van der Waals surface area contributed by atoms with Gasteiger partial charge >= 0.3 is 0 Å². The molecule has 6 heteroatoms. The average Bonchev–Trinajstić information content (AvgIpc) is 3.20. The Hall–Kier alpha value is -3.67. The third-order valence-electron chi connectivity index (χ3n) is 5.87. The highest BCUT2D eigenvalue weighted by Crippen LogP contribution is 2.20. The largest absolute Gasteiger partial charge is 0.491 e. The van der Waals surface area contributed by atoms with Gasteiger partial charge in [0.2, 0.25) is 0 Å². The van der Waals surface area contributed by atoms with Gasteiger partial charge in [0, 0.05) is 18.5 Å². The van der Waals surface area contributed by atoms with Crippen molar-refractivity contribution < 1.29 is 13.9 Å². The zero-order chi connectivity index (χ0) is 23.8. The highest BCUT2D eigenvalue weighted by atomic mass is 19.1. The minimum atomic E-state index is -0.343. The van der Waals surface area contributed by atoms with Crippen LogP contribution in [0.3, 0.4) is 0 Å². The average molecular weight is 460 g/mol. The third-order valence-corrected chi connectivity index (χ3v) is 5.87. The summed E-state index contributed by atoms with van der Waals surface area (Å²) < 4.78 is 21.3. The Morgan fingerprint density at radius 1 is 0.971 bits per heavy atom. The number of rotatable bonds is 11. The Morgan fingerprint density at radius 2 is 1.74 bits per heavy atom. The number of nitrogens with zero attached hydrogens (tertiary/aromatic N) is 2. The Kier molecular flexibility index (Phi) is 7.91. The van der Waals surface area contributed by atoms with Gasteiger partial charge in [0.05, 0.1) is 17.6 Å². The summed E-state index contributed by atoms with van der Waals surface area (Å²) in [7, 11) is 0. The first-order chi connectivity index (χ1) is 16.6. The van der Waals surface area contributed by atoms with Gasteiger partial charge in [-0.25, -0.2) is 9.37 Å². The second-order valence-electron chi connectivity index (χ2n) is 8.36. The fourth-order valence-corrected chi connectivity index (χ4v) is 4.02. The molecule has 3 aromatic carbocycles. The van der Waals surface area contributed by atoms with Crippen molar-refractivity contribution >= 4 is 16.9 Å². The van der Waals surface area contributed by atoms with Crippen LogP contribution in [0.2, 0.25) is 0 Å². The van der Waals surface area contributed by atoms with Gasteiger partial charge in [-0.05, 0) is 67.8 Å². The van der Waals surface area contributed by atoms with Crippen LogP contribution in [0.4, 0.5) is 4.39 Å². The molecule has 0 radical (unpaired) electrons. The van der Waals surface area contributed by atoms with Gasteiger partial charge in [-0.15, -0.1) is 0 Å². The lowest BCUT2D eigenvalue weighted by Gasteiger charge is -2.12. The van der Waals surface area contributed by atoms with E-state index in [1.165, 1.54) is 24.3 Å². The highest BCUT2D eigenvalue weighted by Gasteiger charge is 2.11. The number of unbranched alkanes of at least 4 members (excludes halogenated alkanes) is 2. The monoisotopic (exact) mass is 459 g/mol. The summed E-state index contributed by atoms with van der Waals surface area (Å²) in [5.74, 6) is 1.46. The maximum atomic E-state index is 13.0. The molecular formula is C28H30FN3O2. The Balaban J connectivity index is 1.27. The first-order valence-electron chi connectivity index (χ1n) is 11.8. The third kappa shape index (κ3) is 6.01. The number of ether oxygens (including phenoxy) is 1. The fraction of sp³-hybridized carbons (Fsp3) is 0.286. The molecule has 1 heterocycles. The molecule has 0 aliphatic rings. The molecule has 4 aromatic rings. The number of fused-ring (bicyclic) bond motifs is 1. The summed E-state index contributed by atoms with van der Waals surface area (Å²) in [6.07, 6.45) is 3.70. The molecule has 0 aliphatic heterocycles. The lowest BCUT2D eigenvalue weighted by atomic mass is 10.1. The van der Waals surface area contributed by atoms with Crippen LogP contribution >= 0.6 is 0 Å². The zero-order valence-corrected chi connectivity index (χ0v) is 19.5. The van der Waals surface area contributed by atoms with Crippen molar-refractivity contribution in [2.75, 3.05) is 13.2 Å². The van der Waals surface area contributed by atoms with Gasteiger partial charge in [0.15, 0.2) is 0 Å². The van der Waals surface area contributed by atoms with Crippen LogP contribution < -0.4 is 10.1 Å². The zero-order valence-electron chi connectivity index (χ0n) is 19.5. The molecule has 176 valence electrons. The maximum absolute atomic E-state index is 13.0. The van der Waals surface area contributed by atoms with Crippen molar-refractivity contribution in [3.8, 4) is 5.75 Å². The summed E-state index contributed by atoms with van der Waals surface area (Å²) in [6, 6.07) is 21.8. The lowest BCUT2D eigenvalue weighted by Crippen LogP contribution is -2.24. The van der Waals surface area contributed by atoms with E-state index in [0.29, 0.717) is 18.7 Å². The van der Waals surface area contributed by atoms with Gasteiger partial charge in [0.1, 0.15) is 24.0 Å². The molecule has 0 saturated heterocycles. The van der Waals surface area contributed by atoms with E-state index in [4.69, 9.17) is 9.72 Å². The smallest absolute Gasteiger partial charge is 0.251 e. The molecule has 0 bridgehead atoms. The standard InChI is InChI=1S/C28H30FN3O2/c1-21-9-4-7-12-26(21)34-20-19-32-25-11-6-5-10-24(25)31-27(32)13-3-2-8-18-30-28(33)22-14-16-23(29)17-15-22/h4-7,9-12,14-17H,2-3,8,13,18-20H2,1H3,(H,30,33). The molecule has 1 N–H and O–H groups in total. The molecule has 1 amide bonds. The molecular weight excluding hydrogens is 429 g/mol. The summed E-state index contributed by atoms with van der Waals surface area (Å²) in [6.45, 7) is 3.96. The van der Waals surface area contributed by atoms with Crippen LogP contribution in [0.25, 0.3) is 11.0 Å². The number of aromatic nitrogens is 2. The van der Waals surface area contributed by atoms with E-state index >= 15 is 0 Å². The van der Waals surface area contributed by atoms with Crippen LogP contribution in [0.15, 0.2) is 72.8 Å². The number of halogens is 1. The van der Waals surface area contributed by atoms with E-state index < -0.39 is 0 Å². The van der Waals surface area contributed by atoms with Gasteiger partial charge in [-0.3, -0.25) is 4.79 Å². The number of imidazole rings is 1. The van der Waals surface area contributed by atoms with Crippen molar-refractivity contribution in [1.29, 1.82) is 0 Å². The minimum Gasteiger partial charge on any atom is -0.491 e. The Labute approximate surface area is 199 Å². The number of nitrogens with one attached hydrogen (secondary N) is 1. The van der Waals surface area contributed by atoms with Crippen LogP contribution in [-0.4, -0.2) is 28.6 Å². The number of hydrogen-bond donors (Lipinski definition) is 1. The van der Waals surface area contributed by atoms with E-state index in [2.05, 4.69) is 28.9 Å². The molecule has 0 aliphatic carbocycles. The van der Waals surface area contributed by atoms with Crippen molar-refractivity contribution in [1.82, 2.24) is 14.9 Å². The van der Waals surface area contributed by atoms with Crippen LogP contribution in [0, 0.1) is 12.7 Å². The van der Waals surface area contributed by atoms with Crippen LogP contribution in [0.1, 0.15) is 41.0 Å². The van der Waals surface area contributed by atoms with Gasteiger partial charge in [0.25, 0.3) is 5.91 Å². The topological polar surface area (TPSA) is 56.1 Å². The van der Waals surface area contributed by atoms with Crippen molar-refractivity contribution in [3.63, 3.8) is 0 Å². The van der Waals surface area contributed by atoms with E-state index in [0.717, 1.165) is 60.4 Å². The molecule has 0 spiro atoms. The van der Waals surface area contributed by atoms with E-state index in [1.807, 2.05) is 36.4 Å². The van der Waals surface area contributed by atoms with Gasteiger partial charge in [-0.2, -0.15) is 0 Å². The summed E-state index contributed by atoms with van der Waals surface area (Å²) in [5, 5.41) is 2.90. The predicted octanol–water partition coefficient (Wildman–Crippen LogP) is 5.71. The molecule has 0 fully saturated rings. The molecule has 0 atom stereocenters. The number of amides is 1. The maximum Gasteiger partial charge on any atom is 0.251 e. The second-order valence-corrected chi connectivity index (χ2v) is 8.36. The molecule has 0 saturated carbocycles. The predicted molar refractivity (Wildman–Crippen MR) is 133 cm³/mol.